The van der Waals surface area contributed by atoms with E-state index < -0.39 is 0 Å². The number of carbonyl (C=O) groups is 1. The number of aromatic nitrogens is 1. The second-order valence-electron chi connectivity index (χ2n) is 3.54. The molecule has 0 fully saturated rings. The van der Waals surface area contributed by atoms with Crippen molar-refractivity contribution < 1.29 is 4.79 Å². The van der Waals surface area contributed by atoms with Gasteiger partial charge in [-0.3, -0.25) is 4.79 Å². The number of nitrogens with one attached hydrogen (secondary N) is 1. The van der Waals surface area contributed by atoms with Crippen LogP contribution < -0.4 is 11.1 Å². The molecule has 0 atom stereocenters. The first-order valence-corrected chi connectivity index (χ1v) is 4.95. The Morgan fingerprint density at radius 3 is 3.21 bits per heavy atom. The number of ketones is 1. The van der Waals surface area contributed by atoms with E-state index in [0.717, 1.165) is 36.7 Å². The molecule has 0 radical (unpaired) electrons. The van der Waals surface area contributed by atoms with Gasteiger partial charge in [0.25, 0.3) is 0 Å². The third-order valence-electron chi connectivity index (χ3n) is 2.65. The van der Waals surface area contributed by atoms with Crippen LogP contribution in [0.3, 0.4) is 0 Å². The van der Waals surface area contributed by atoms with Crippen LogP contribution >= 0.6 is 0 Å². The van der Waals surface area contributed by atoms with E-state index in [2.05, 4.69) is 5.32 Å². The second-order valence-corrected chi connectivity index (χ2v) is 3.54. The average molecular weight is 193 g/mol. The van der Waals surface area contributed by atoms with Gasteiger partial charge in [0.2, 0.25) is 0 Å². The highest BCUT2D eigenvalue weighted by atomic mass is 16.1. The number of anilines is 1. The van der Waals surface area contributed by atoms with Gasteiger partial charge in [-0.15, -0.1) is 0 Å². The predicted octanol–water partition coefficient (Wildman–Crippen LogP) is 0.766. The molecule has 0 aliphatic carbocycles. The maximum atomic E-state index is 11.6. The highest BCUT2D eigenvalue weighted by molar-refractivity contribution is 5.95. The molecule has 76 valence electrons. The fraction of sp³-hybridized carbons (Fsp3) is 0.500. The van der Waals surface area contributed by atoms with Crippen LogP contribution in [0.4, 0.5) is 5.69 Å². The van der Waals surface area contributed by atoms with E-state index in [1.54, 1.807) is 6.07 Å². The second kappa shape index (κ2) is 3.46. The van der Waals surface area contributed by atoms with Crippen LogP contribution in [0.25, 0.3) is 0 Å². The molecular formula is C10H15N3O. The van der Waals surface area contributed by atoms with Crippen molar-refractivity contribution in [3.05, 3.63) is 17.5 Å². The zero-order valence-corrected chi connectivity index (χ0v) is 8.34. The van der Waals surface area contributed by atoms with Gasteiger partial charge in [-0.25, -0.2) is 0 Å². The van der Waals surface area contributed by atoms with Crippen molar-refractivity contribution in [3.63, 3.8) is 0 Å². The monoisotopic (exact) mass is 193 g/mol. The van der Waals surface area contributed by atoms with Crippen LogP contribution in [0.5, 0.6) is 0 Å². The lowest BCUT2D eigenvalue weighted by molar-refractivity contribution is 0.0978. The number of nitrogens with zero attached hydrogens (tertiary/aromatic N) is 1. The standard InChI is InChI=1S/C10H15N3O/c1-2-10(14)8-5-7(11)9-6-12-3-4-13(8)9/h5,12H,2-4,6,11H2,1H3. The Bertz CT molecular complexity index is 368. The van der Waals surface area contributed by atoms with E-state index >= 15 is 0 Å². The molecule has 1 aliphatic heterocycles. The van der Waals surface area contributed by atoms with Crippen LogP contribution in [0.1, 0.15) is 29.5 Å². The van der Waals surface area contributed by atoms with Gasteiger partial charge in [-0.2, -0.15) is 0 Å². The van der Waals surface area contributed by atoms with E-state index in [0.29, 0.717) is 6.42 Å². The predicted molar refractivity (Wildman–Crippen MR) is 55.2 cm³/mol. The van der Waals surface area contributed by atoms with E-state index in [-0.39, 0.29) is 5.78 Å². The lowest BCUT2D eigenvalue weighted by Crippen LogP contribution is -2.29. The van der Waals surface area contributed by atoms with Gasteiger partial charge < -0.3 is 15.6 Å². The summed E-state index contributed by atoms with van der Waals surface area (Å²) in [6, 6.07) is 1.80. The lowest BCUT2D eigenvalue weighted by Gasteiger charge is -2.18. The average Bonchev–Trinajstić information content (AvgIpc) is 2.56. The SMILES string of the molecule is CCC(=O)c1cc(N)c2n1CCNC2. The Morgan fingerprint density at radius 1 is 1.71 bits per heavy atom. The van der Waals surface area contributed by atoms with Crippen LogP contribution in [0, 0.1) is 0 Å². The number of nitrogen functional groups attached to an aromatic ring is 1. The summed E-state index contributed by atoms with van der Waals surface area (Å²) >= 11 is 0. The lowest BCUT2D eigenvalue weighted by atomic mass is 10.2. The topological polar surface area (TPSA) is 60.1 Å². The van der Waals surface area contributed by atoms with Gasteiger partial charge in [-0.05, 0) is 6.07 Å². The van der Waals surface area contributed by atoms with E-state index in [4.69, 9.17) is 5.73 Å². The molecule has 4 nitrogen and oxygen atoms in total. The molecule has 2 rings (SSSR count). The van der Waals surface area contributed by atoms with E-state index in [9.17, 15) is 4.79 Å². The minimum atomic E-state index is 0.171. The minimum Gasteiger partial charge on any atom is -0.397 e. The number of nitrogens with two attached hydrogens (primary N) is 1. The highest BCUT2D eigenvalue weighted by Gasteiger charge is 2.19. The zero-order valence-electron chi connectivity index (χ0n) is 8.34. The molecule has 0 bridgehead atoms. The Morgan fingerprint density at radius 2 is 2.50 bits per heavy atom. The summed E-state index contributed by atoms with van der Waals surface area (Å²) in [5.74, 6) is 0.171. The molecule has 2 heterocycles. The van der Waals surface area contributed by atoms with E-state index in [1.807, 2.05) is 11.5 Å². The Hall–Kier alpha value is -1.29. The summed E-state index contributed by atoms with van der Waals surface area (Å²) in [5, 5.41) is 3.24. The Labute approximate surface area is 83.1 Å². The normalized spacial score (nSPS) is 15.2. The number of carbonyl (C=O) groups excluding carboxylic acids is 1. The molecule has 0 saturated carbocycles. The number of fused-ring (bicyclic) bond motifs is 1. The van der Waals surface area contributed by atoms with Crippen molar-refractivity contribution in [2.24, 2.45) is 0 Å². The first-order chi connectivity index (χ1) is 6.74. The van der Waals surface area contributed by atoms with E-state index in [1.165, 1.54) is 0 Å². The summed E-state index contributed by atoms with van der Waals surface area (Å²) in [4.78, 5) is 11.6. The summed E-state index contributed by atoms with van der Waals surface area (Å²) in [7, 11) is 0. The molecule has 0 saturated heterocycles. The van der Waals surface area contributed by atoms with Crippen LogP contribution in [0.2, 0.25) is 0 Å². The molecule has 4 heteroatoms. The van der Waals surface area contributed by atoms with Crippen molar-refractivity contribution in [2.75, 3.05) is 12.3 Å². The minimum absolute atomic E-state index is 0.171. The van der Waals surface area contributed by atoms with Gasteiger partial charge in [0.1, 0.15) is 0 Å². The first kappa shape index (κ1) is 9.27. The van der Waals surface area contributed by atoms with Gasteiger partial charge >= 0.3 is 0 Å². The van der Waals surface area contributed by atoms with Gasteiger partial charge in [-0.1, -0.05) is 6.92 Å². The number of hydrogen-bond donors (Lipinski definition) is 2. The molecule has 1 aliphatic rings. The third kappa shape index (κ3) is 1.32. The largest absolute Gasteiger partial charge is 0.397 e. The smallest absolute Gasteiger partial charge is 0.179 e. The van der Waals surface area contributed by atoms with Crippen molar-refractivity contribution in [2.45, 2.75) is 26.4 Å². The van der Waals surface area contributed by atoms with Crippen molar-refractivity contribution in [3.8, 4) is 0 Å². The zero-order chi connectivity index (χ0) is 10.1. The summed E-state index contributed by atoms with van der Waals surface area (Å²) < 4.78 is 2.04. The van der Waals surface area contributed by atoms with Crippen LogP contribution in [0.15, 0.2) is 6.07 Å². The molecule has 3 N–H and O–H groups in total. The fourth-order valence-electron chi connectivity index (χ4n) is 1.87. The molecule has 0 aromatic carbocycles. The molecule has 0 amide bonds. The maximum Gasteiger partial charge on any atom is 0.179 e. The molecule has 14 heavy (non-hydrogen) atoms. The van der Waals surface area contributed by atoms with Crippen LogP contribution in [-0.4, -0.2) is 16.9 Å². The summed E-state index contributed by atoms with van der Waals surface area (Å²) in [6.45, 7) is 4.39. The fourth-order valence-corrected chi connectivity index (χ4v) is 1.87. The highest BCUT2D eigenvalue weighted by Crippen LogP contribution is 2.21. The molecule has 1 aromatic rings. The Kier molecular flexibility index (Phi) is 2.29. The van der Waals surface area contributed by atoms with Gasteiger partial charge in [0.15, 0.2) is 5.78 Å². The van der Waals surface area contributed by atoms with Gasteiger partial charge in [0, 0.05) is 26.1 Å². The molecule has 0 spiro atoms. The molecule has 1 aromatic heterocycles. The van der Waals surface area contributed by atoms with Crippen molar-refractivity contribution in [1.82, 2.24) is 9.88 Å². The number of hydrogen-bond acceptors (Lipinski definition) is 3. The number of Topliss-reactive ketones (excluding diaryl/α,β-unsaturated/α-hetero) is 1. The molecular weight excluding hydrogens is 178 g/mol. The summed E-state index contributed by atoms with van der Waals surface area (Å²) in [5.41, 5.74) is 8.39. The third-order valence-corrected chi connectivity index (χ3v) is 2.65. The molecule has 0 unspecified atom stereocenters. The maximum absolute atomic E-state index is 11.6. The number of rotatable bonds is 2. The quantitative estimate of drug-likeness (QED) is 0.682. The van der Waals surface area contributed by atoms with Crippen molar-refractivity contribution >= 4 is 11.5 Å². The summed E-state index contributed by atoms with van der Waals surface area (Å²) in [6.07, 6.45) is 0.538. The Balaban J connectivity index is 2.46. The first-order valence-electron chi connectivity index (χ1n) is 4.95. The van der Waals surface area contributed by atoms with Crippen LogP contribution in [-0.2, 0) is 13.1 Å². The van der Waals surface area contributed by atoms with Gasteiger partial charge in [0.05, 0.1) is 17.1 Å². The van der Waals surface area contributed by atoms with Crippen molar-refractivity contribution in [1.29, 1.82) is 0 Å².